The minimum Gasteiger partial charge on any atom is -0.508 e. The lowest BCUT2D eigenvalue weighted by molar-refractivity contribution is 0.0954. The zero-order valence-corrected chi connectivity index (χ0v) is 15.8. The lowest BCUT2D eigenvalue weighted by Gasteiger charge is -2.08. The summed E-state index contributed by atoms with van der Waals surface area (Å²) >= 11 is 6.09. The molecule has 0 aliphatic heterocycles. The number of rotatable bonds is 5. The van der Waals surface area contributed by atoms with Gasteiger partial charge in [0, 0.05) is 34.2 Å². The van der Waals surface area contributed by atoms with Crippen molar-refractivity contribution in [2.75, 3.05) is 6.54 Å². The highest BCUT2D eigenvalue weighted by atomic mass is 35.5. The van der Waals surface area contributed by atoms with Gasteiger partial charge in [0.25, 0.3) is 5.91 Å². The van der Waals surface area contributed by atoms with Gasteiger partial charge in [-0.25, -0.2) is 0 Å². The summed E-state index contributed by atoms with van der Waals surface area (Å²) in [6.07, 6.45) is 2.67. The van der Waals surface area contributed by atoms with E-state index >= 15 is 0 Å². The van der Waals surface area contributed by atoms with Crippen molar-refractivity contribution in [2.24, 2.45) is 0 Å². The summed E-state index contributed by atoms with van der Waals surface area (Å²) in [5.41, 5.74) is 4.64. The first-order valence-corrected chi connectivity index (χ1v) is 9.41. The van der Waals surface area contributed by atoms with E-state index in [0.29, 0.717) is 23.6 Å². The average Bonchev–Trinajstić information content (AvgIpc) is 3.10. The van der Waals surface area contributed by atoms with Gasteiger partial charge in [-0.15, -0.1) is 0 Å². The Morgan fingerprint density at radius 3 is 2.64 bits per heavy atom. The summed E-state index contributed by atoms with van der Waals surface area (Å²) < 4.78 is 0. The number of amides is 1. The fourth-order valence-corrected chi connectivity index (χ4v) is 3.44. The molecule has 4 nitrogen and oxygen atoms in total. The second-order valence-corrected chi connectivity index (χ2v) is 7.07. The van der Waals surface area contributed by atoms with Crippen molar-refractivity contribution in [3.63, 3.8) is 0 Å². The molecular formula is C23H19ClN2O2. The number of phenolic OH excluding ortho intramolecular Hbond substituents is 1. The Labute approximate surface area is 167 Å². The van der Waals surface area contributed by atoms with Gasteiger partial charge in [0.05, 0.1) is 0 Å². The third-order valence-corrected chi connectivity index (χ3v) is 4.97. The molecule has 0 spiro atoms. The van der Waals surface area contributed by atoms with E-state index in [1.165, 1.54) is 0 Å². The summed E-state index contributed by atoms with van der Waals surface area (Å²) in [6, 6.07) is 20.1. The molecule has 0 saturated heterocycles. The van der Waals surface area contributed by atoms with Gasteiger partial charge in [-0.05, 0) is 65.6 Å². The van der Waals surface area contributed by atoms with Crippen LogP contribution < -0.4 is 5.32 Å². The second-order valence-electron chi connectivity index (χ2n) is 6.64. The Kier molecular flexibility index (Phi) is 5.04. The molecule has 5 heteroatoms. The zero-order valence-electron chi connectivity index (χ0n) is 15.1. The molecule has 3 aromatic carbocycles. The maximum Gasteiger partial charge on any atom is 0.251 e. The topological polar surface area (TPSA) is 65.1 Å². The Morgan fingerprint density at radius 1 is 1.00 bits per heavy atom. The molecule has 1 aromatic heterocycles. The van der Waals surface area contributed by atoms with Crippen LogP contribution in [-0.4, -0.2) is 22.5 Å². The Balaban J connectivity index is 1.43. The molecule has 0 unspecified atom stereocenters. The highest BCUT2D eigenvalue weighted by Crippen LogP contribution is 2.24. The van der Waals surface area contributed by atoms with Gasteiger partial charge in [0.1, 0.15) is 5.75 Å². The molecule has 0 bridgehead atoms. The van der Waals surface area contributed by atoms with E-state index in [-0.39, 0.29) is 11.7 Å². The maximum atomic E-state index is 12.5. The molecule has 0 aliphatic rings. The minimum absolute atomic E-state index is 0.112. The molecule has 140 valence electrons. The van der Waals surface area contributed by atoms with Crippen LogP contribution in [0.1, 0.15) is 15.9 Å². The standard InChI is InChI=1S/C23H19ClN2O2/c24-19-6-9-22-21(13-19)18(14-26-22)10-11-25-23(28)17-3-1-2-16(12-17)15-4-7-20(27)8-5-15/h1-9,12-14,26-27H,10-11H2,(H,25,28). The summed E-state index contributed by atoms with van der Waals surface area (Å²) in [4.78, 5) is 15.8. The van der Waals surface area contributed by atoms with Crippen molar-refractivity contribution in [3.05, 3.63) is 89.1 Å². The van der Waals surface area contributed by atoms with E-state index in [4.69, 9.17) is 11.6 Å². The van der Waals surface area contributed by atoms with Crippen LogP contribution in [-0.2, 0) is 6.42 Å². The molecule has 0 radical (unpaired) electrons. The van der Waals surface area contributed by atoms with Gasteiger partial charge in [-0.3, -0.25) is 4.79 Å². The van der Waals surface area contributed by atoms with Crippen molar-refractivity contribution in [2.45, 2.75) is 6.42 Å². The smallest absolute Gasteiger partial charge is 0.251 e. The van der Waals surface area contributed by atoms with E-state index in [2.05, 4.69) is 10.3 Å². The summed E-state index contributed by atoms with van der Waals surface area (Å²) in [7, 11) is 0. The van der Waals surface area contributed by atoms with Crippen molar-refractivity contribution in [1.82, 2.24) is 10.3 Å². The minimum atomic E-state index is -0.112. The predicted molar refractivity (Wildman–Crippen MR) is 113 cm³/mol. The number of aromatic nitrogens is 1. The van der Waals surface area contributed by atoms with Crippen LogP contribution in [0.3, 0.4) is 0 Å². The van der Waals surface area contributed by atoms with Crippen molar-refractivity contribution >= 4 is 28.4 Å². The number of aromatic amines is 1. The van der Waals surface area contributed by atoms with Crippen LogP contribution in [0, 0.1) is 0 Å². The van der Waals surface area contributed by atoms with Crippen LogP contribution in [0.4, 0.5) is 0 Å². The van der Waals surface area contributed by atoms with Crippen LogP contribution >= 0.6 is 11.6 Å². The van der Waals surface area contributed by atoms with Crippen molar-refractivity contribution < 1.29 is 9.90 Å². The number of carbonyl (C=O) groups excluding carboxylic acids is 1. The van der Waals surface area contributed by atoms with E-state index < -0.39 is 0 Å². The van der Waals surface area contributed by atoms with E-state index in [9.17, 15) is 9.90 Å². The highest BCUT2D eigenvalue weighted by molar-refractivity contribution is 6.31. The SMILES string of the molecule is O=C(NCCc1c[nH]c2ccc(Cl)cc12)c1cccc(-c2ccc(O)cc2)c1. The maximum absolute atomic E-state index is 12.5. The number of fused-ring (bicyclic) bond motifs is 1. The highest BCUT2D eigenvalue weighted by Gasteiger charge is 2.09. The van der Waals surface area contributed by atoms with Crippen LogP contribution in [0.15, 0.2) is 72.9 Å². The molecule has 1 amide bonds. The average molecular weight is 391 g/mol. The van der Waals surface area contributed by atoms with Gasteiger partial charge in [0.2, 0.25) is 0 Å². The summed E-state index contributed by atoms with van der Waals surface area (Å²) in [5.74, 6) is 0.106. The van der Waals surface area contributed by atoms with Crippen molar-refractivity contribution in [1.29, 1.82) is 0 Å². The molecule has 4 rings (SSSR count). The third kappa shape index (κ3) is 3.87. The number of hydrogen-bond donors (Lipinski definition) is 3. The molecule has 0 saturated carbocycles. The van der Waals surface area contributed by atoms with Gasteiger partial charge in [-0.2, -0.15) is 0 Å². The molecule has 0 fully saturated rings. The monoisotopic (exact) mass is 390 g/mol. The quantitative estimate of drug-likeness (QED) is 0.440. The predicted octanol–water partition coefficient (Wildman–Crippen LogP) is 5.17. The molecular weight excluding hydrogens is 372 g/mol. The Bertz CT molecular complexity index is 1130. The number of H-pyrrole nitrogens is 1. The number of hydrogen-bond acceptors (Lipinski definition) is 2. The van der Waals surface area contributed by atoms with Crippen LogP contribution in [0.25, 0.3) is 22.0 Å². The first-order chi connectivity index (χ1) is 13.6. The number of nitrogens with one attached hydrogen (secondary N) is 2. The van der Waals surface area contributed by atoms with E-state index in [1.807, 2.05) is 54.7 Å². The third-order valence-electron chi connectivity index (χ3n) is 4.73. The van der Waals surface area contributed by atoms with Gasteiger partial charge in [0.15, 0.2) is 0 Å². The van der Waals surface area contributed by atoms with Crippen LogP contribution in [0.5, 0.6) is 5.75 Å². The fraction of sp³-hybridized carbons (Fsp3) is 0.0870. The summed E-state index contributed by atoms with van der Waals surface area (Å²) in [6.45, 7) is 0.530. The number of phenols is 1. The molecule has 4 aromatic rings. The summed E-state index contributed by atoms with van der Waals surface area (Å²) in [5, 5.41) is 14.2. The number of benzene rings is 3. The molecule has 0 aliphatic carbocycles. The van der Waals surface area contributed by atoms with E-state index in [1.54, 1.807) is 18.2 Å². The normalized spacial score (nSPS) is 10.9. The zero-order chi connectivity index (χ0) is 19.5. The fourth-order valence-electron chi connectivity index (χ4n) is 3.26. The number of halogens is 1. The molecule has 1 heterocycles. The van der Waals surface area contributed by atoms with Crippen molar-refractivity contribution in [3.8, 4) is 16.9 Å². The molecule has 28 heavy (non-hydrogen) atoms. The Morgan fingerprint density at radius 2 is 1.82 bits per heavy atom. The second kappa shape index (κ2) is 7.79. The molecule has 3 N–H and O–H groups in total. The molecule has 0 atom stereocenters. The first kappa shape index (κ1) is 18.1. The van der Waals surface area contributed by atoms with Gasteiger partial charge >= 0.3 is 0 Å². The number of aromatic hydroxyl groups is 1. The lowest BCUT2D eigenvalue weighted by Crippen LogP contribution is -2.25. The van der Waals surface area contributed by atoms with Gasteiger partial charge in [-0.1, -0.05) is 35.9 Å². The van der Waals surface area contributed by atoms with Gasteiger partial charge < -0.3 is 15.4 Å². The largest absolute Gasteiger partial charge is 0.508 e. The Hall–Kier alpha value is -3.24. The lowest BCUT2D eigenvalue weighted by atomic mass is 10.0. The van der Waals surface area contributed by atoms with Crippen LogP contribution in [0.2, 0.25) is 5.02 Å². The number of carbonyl (C=O) groups is 1. The van der Waals surface area contributed by atoms with E-state index in [0.717, 1.165) is 27.6 Å². The first-order valence-electron chi connectivity index (χ1n) is 9.03.